The number of nitrogens with two attached hydrogens (primary N) is 1. The average Bonchev–Trinajstić information content (AvgIpc) is 2.01. The predicted molar refractivity (Wildman–Crippen MR) is 47.3 cm³/mol. The first-order valence-electron chi connectivity index (χ1n) is 3.83. The number of aldehydes is 1. The number of carboxylic acids is 1. The second-order valence-electron chi connectivity index (χ2n) is 2.42. The minimum Gasteiger partial charge on any atom is -0.480 e. The van der Waals surface area contributed by atoms with Crippen LogP contribution in [0.5, 0.6) is 0 Å². The minimum atomic E-state index is -1.05. The van der Waals surface area contributed by atoms with Gasteiger partial charge in [-0.05, 0) is 20.3 Å². The number of hydrogen-bond acceptors (Lipinski definition) is 4. The SMILES string of the molecule is CC(=O)CCC(N)C(=O)O.CC=O. The molecule has 0 radical (unpaired) electrons. The molecular formula is C8H15NO4. The van der Waals surface area contributed by atoms with Crippen molar-refractivity contribution in [2.24, 2.45) is 5.73 Å². The van der Waals surface area contributed by atoms with Crippen molar-refractivity contribution in [3.8, 4) is 0 Å². The van der Waals surface area contributed by atoms with Crippen LogP contribution in [-0.4, -0.2) is 29.2 Å². The molecule has 0 aromatic carbocycles. The zero-order valence-electron chi connectivity index (χ0n) is 7.82. The first kappa shape index (κ1) is 14.3. The Morgan fingerprint density at radius 2 is 1.92 bits per heavy atom. The Morgan fingerprint density at radius 3 is 2.15 bits per heavy atom. The predicted octanol–water partition coefficient (Wildman–Crippen LogP) is -0.0273. The molecule has 0 aliphatic carbocycles. The molecule has 0 aromatic heterocycles. The van der Waals surface area contributed by atoms with E-state index in [1.807, 2.05) is 0 Å². The fourth-order valence-corrected chi connectivity index (χ4v) is 0.482. The quantitative estimate of drug-likeness (QED) is 0.605. The third kappa shape index (κ3) is 13.7. The Morgan fingerprint density at radius 1 is 1.54 bits per heavy atom. The van der Waals surface area contributed by atoms with Gasteiger partial charge in [0.25, 0.3) is 0 Å². The highest BCUT2D eigenvalue weighted by Gasteiger charge is 2.10. The van der Waals surface area contributed by atoms with E-state index in [2.05, 4.69) is 0 Å². The lowest BCUT2D eigenvalue weighted by molar-refractivity contribution is -0.138. The summed E-state index contributed by atoms with van der Waals surface area (Å²) in [5.41, 5.74) is 5.11. The van der Waals surface area contributed by atoms with Gasteiger partial charge in [-0.25, -0.2) is 0 Å². The molecule has 0 aliphatic rings. The summed E-state index contributed by atoms with van der Waals surface area (Å²) in [5.74, 6) is -1.09. The molecule has 0 rings (SSSR count). The Bertz CT molecular complexity index is 179. The van der Waals surface area contributed by atoms with E-state index in [1.54, 1.807) is 0 Å². The van der Waals surface area contributed by atoms with Crippen molar-refractivity contribution in [3.63, 3.8) is 0 Å². The lowest BCUT2D eigenvalue weighted by atomic mass is 10.1. The zero-order valence-corrected chi connectivity index (χ0v) is 7.82. The van der Waals surface area contributed by atoms with Gasteiger partial charge >= 0.3 is 5.97 Å². The van der Waals surface area contributed by atoms with Crippen LogP contribution in [0.2, 0.25) is 0 Å². The summed E-state index contributed by atoms with van der Waals surface area (Å²) in [6.07, 6.45) is 1.22. The van der Waals surface area contributed by atoms with Gasteiger partial charge in [0.15, 0.2) is 0 Å². The number of hydrogen-bond donors (Lipinski definition) is 2. The maximum Gasteiger partial charge on any atom is 0.320 e. The number of rotatable bonds is 4. The first-order chi connectivity index (χ1) is 5.95. The van der Waals surface area contributed by atoms with Crippen molar-refractivity contribution in [3.05, 3.63) is 0 Å². The summed E-state index contributed by atoms with van der Waals surface area (Å²) >= 11 is 0. The third-order valence-corrected chi connectivity index (χ3v) is 1.12. The summed E-state index contributed by atoms with van der Waals surface area (Å²) in [4.78, 5) is 29.2. The molecule has 13 heavy (non-hydrogen) atoms. The number of carbonyl (C=O) groups excluding carboxylic acids is 2. The molecule has 0 bridgehead atoms. The van der Waals surface area contributed by atoms with Crippen molar-refractivity contribution >= 4 is 18.0 Å². The lowest BCUT2D eigenvalue weighted by Crippen LogP contribution is -2.30. The summed E-state index contributed by atoms with van der Waals surface area (Å²) in [6.45, 7) is 2.86. The minimum absolute atomic E-state index is 0.0308. The summed E-state index contributed by atoms with van der Waals surface area (Å²) in [5, 5.41) is 8.26. The van der Waals surface area contributed by atoms with Crippen molar-refractivity contribution < 1.29 is 19.5 Å². The average molecular weight is 189 g/mol. The van der Waals surface area contributed by atoms with Crippen LogP contribution in [0, 0.1) is 0 Å². The number of ketones is 1. The van der Waals surface area contributed by atoms with Gasteiger partial charge in [0.2, 0.25) is 0 Å². The molecule has 0 heterocycles. The van der Waals surface area contributed by atoms with Crippen molar-refractivity contribution in [2.45, 2.75) is 32.7 Å². The molecule has 0 saturated heterocycles. The Kier molecular flexibility index (Phi) is 9.75. The smallest absolute Gasteiger partial charge is 0.320 e. The molecule has 0 amide bonds. The number of carbonyl (C=O) groups is 3. The van der Waals surface area contributed by atoms with Gasteiger partial charge in [0, 0.05) is 6.42 Å². The van der Waals surface area contributed by atoms with Crippen LogP contribution in [0.4, 0.5) is 0 Å². The monoisotopic (exact) mass is 189 g/mol. The second kappa shape index (κ2) is 8.86. The van der Waals surface area contributed by atoms with Crippen LogP contribution in [0.1, 0.15) is 26.7 Å². The van der Waals surface area contributed by atoms with Gasteiger partial charge in [0.05, 0.1) is 0 Å². The topological polar surface area (TPSA) is 97.5 Å². The van der Waals surface area contributed by atoms with E-state index >= 15 is 0 Å². The maximum absolute atomic E-state index is 10.3. The molecular weight excluding hydrogens is 174 g/mol. The highest BCUT2D eigenvalue weighted by Crippen LogP contribution is 1.94. The molecule has 0 saturated carbocycles. The van der Waals surface area contributed by atoms with Gasteiger partial charge < -0.3 is 20.4 Å². The van der Waals surface area contributed by atoms with E-state index in [0.717, 1.165) is 6.29 Å². The van der Waals surface area contributed by atoms with E-state index in [0.29, 0.717) is 0 Å². The Hall–Kier alpha value is -1.23. The van der Waals surface area contributed by atoms with Crippen molar-refractivity contribution in [2.75, 3.05) is 0 Å². The van der Waals surface area contributed by atoms with Crippen LogP contribution in [0.3, 0.4) is 0 Å². The van der Waals surface area contributed by atoms with Crippen molar-refractivity contribution in [1.82, 2.24) is 0 Å². The van der Waals surface area contributed by atoms with Gasteiger partial charge in [-0.2, -0.15) is 0 Å². The van der Waals surface area contributed by atoms with Gasteiger partial charge in [-0.1, -0.05) is 0 Å². The zero-order chi connectivity index (χ0) is 10.9. The molecule has 0 aromatic rings. The standard InChI is InChI=1S/C6H11NO3.C2H4O/c1-4(8)2-3-5(7)6(9)10;1-2-3/h5H,2-3,7H2,1H3,(H,9,10);2H,1H3. The normalized spacial score (nSPS) is 10.7. The van der Waals surface area contributed by atoms with Gasteiger partial charge in [-0.3, -0.25) is 4.79 Å². The molecule has 0 spiro atoms. The highest BCUT2D eigenvalue weighted by atomic mass is 16.4. The Labute approximate surface area is 76.9 Å². The molecule has 1 atom stereocenters. The van der Waals surface area contributed by atoms with Crippen LogP contribution in [-0.2, 0) is 14.4 Å². The molecule has 0 aliphatic heterocycles. The van der Waals surface area contributed by atoms with E-state index in [1.165, 1.54) is 13.8 Å². The van der Waals surface area contributed by atoms with Crippen LogP contribution in [0.25, 0.3) is 0 Å². The molecule has 3 N–H and O–H groups in total. The number of Topliss-reactive ketones (excluding diaryl/α,β-unsaturated/α-hetero) is 1. The molecule has 0 fully saturated rings. The van der Waals surface area contributed by atoms with Crippen LogP contribution >= 0.6 is 0 Å². The second-order valence-corrected chi connectivity index (χ2v) is 2.42. The summed E-state index contributed by atoms with van der Waals surface area (Å²) in [7, 11) is 0. The van der Waals surface area contributed by atoms with E-state index in [4.69, 9.17) is 15.6 Å². The summed E-state index contributed by atoms with van der Waals surface area (Å²) in [6, 6.07) is -0.899. The van der Waals surface area contributed by atoms with E-state index < -0.39 is 12.0 Å². The molecule has 1 unspecified atom stereocenters. The third-order valence-electron chi connectivity index (χ3n) is 1.12. The summed E-state index contributed by atoms with van der Waals surface area (Å²) < 4.78 is 0. The number of carboxylic acid groups (broad SMARTS) is 1. The number of aliphatic carboxylic acids is 1. The largest absolute Gasteiger partial charge is 0.480 e. The Balaban J connectivity index is 0. The van der Waals surface area contributed by atoms with E-state index in [9.17, 15) is 9.59 Å². The highest BCUT2D eigenvalue weighted by molar-refractivity contribution is 5.77. The molecule has 5 nitrogen and oxygen atoms in total. The fraction of sp³-hybridized carbons (Fsp3) is 0.625. The fourth-order valence-electron chi connectivity index (χ4n) is 0.482. The van der Waals surface area contributed by atoms with Crippen LogP contribution in [0.15, 0.2) is 0 Å². The molecule has 5 heteroatoms. The van der Waals surface area contributed by atoms with Gasteiger partial charge in [-0.15, -0.1) is 0 Å². The van der Waals surface area contributed by atoms with Gasteiger partial charge in [0.1, 0.15) is 18.1 Å². The first-order valence-corrected chi connectivity index (χ1v) is 3.83. The molecule has 76 valence electrons. The van der Waals surface area contributed by atoms with Crippen molar-refractivity contribution in [1.29, 1.82) is 0 Å². The lowest BCUT2D eigenvalue weighted by Gasteiger charge is -2.02. The maximum atomic E-state index is 10.3. The van der Waals surface area contributed by atoms with Crippen LogP contribution < -0.4 is 5.73 Å². The van der Waals surface area contributed by atoms with E-state index in [-0.39, 0.29) is 18.6 Å².